The molecule has 0 saturated heterocycles. The molecule has 0 atom stereocenters. The minimum atomic E-state index is -3.79. The molecule has 0 aliphatic carbocycles. The van der Waals surface area contributed by atoms with Gasteiger partial charge in [0.15, 0.2) is 0 Å². The predicted molar refractivity (Wildman–Crippen MR) is 93.5 cm³/mol. The number of nitrogens with two attached hydrogens (primary N) is 1. The molecule has 0 fully saturated rings. The predicted octanol–water partition coefficient (Wildman–Crippen LogP) is 3.16. The van der Waals surface area contributed by atoms with Gasteiger partial charge in [-0.05, 0) is 42.7 Å². The largest absolute Gasteiger partial charge is 0.321 e. The van der Waals surface area contributed by atoms with Crippen molar-refractivity contribution in [2.75, 3.05) is 5.32 Å². The standard InChI is InChI=1S/C16H20N2O3S2/c1-3-6-14-11(4-2)9-15(22-14)16(19)18-12-7-5-8-13(10-12)23(17,20)21/h5,7-10H,3-4,6H2,1-2H3,(H,18,19)(H2,17,20,21). The second-order valence-electron chi connectivity index (χ2n) is 5.19. The van der Waals surface area contributed by atoms with Crippen molar-refractivity contribution in [2.24, 2.45) is 5.14 Å². The van der Waals surface area contributed by atoms with Crippen molar-refractivity contribution in [2.45, 2.75) is 38.0 Å². The van der Waals surface area contributed by atoms with E-state index < -0.39 is 10.0 Å². The lowest BCUT2D eigenvalue weighted by molar-refractivity contribution is 0.103. The summed E-state index contributed by atoms with van der Waals surface area (Å²) >= 11 is 1.49. The van der Waals surface area contributed by atoms with Gasteiger partial charge in [0.2, 0.25) is 10.0 Å². The topological polar surface area (TPSA) is 89.3 Å². The third kappa shape index (κ3) is 4.40. The van der Waals surface area contributed by atoms with Crippen molar-refractivity contribution in [1.29, 1.82) is 0 Å². The van der Waals surface area contributed by atoms with Gasteiger partial charge in [0.25, 0.3) is 5.91 Å². The Hall–Kier alpha value is -1.70. The summed E-state index contributed by atoms with van der Waals surface area (Å²) in [6.07, 6.45) is 2.88. The van der Waals surface area contributed by atoms with Gasteiger partial charge >= 0.3 is 0 Å². The van der Waals surface area contributed by atoms with E-state index in [1.54, 1.807) is 12.1 Å². The molecule has 0 saturated carbocycles. The molecule has 2 aromatic rings. The summed E-state index contributed by atoms with van der Waals surface area (Å²) in [7, 11) is -3.79. The number of hydrogen-bond donors (Lipinski definition) is 2. The van der Waals surface area contributed by atoms with Crippen LogP contribution in [0.2, 0.25) is 0 Å². The number of sulfonamides is 1. The second kappa shape index (κ2) is 7.25. The minimum Gasteiger partial charge on any atom is -0.321 e. The quantitative estimate of drug-likeness (QED) is 0.837. The lowest BCUT2D eigenvalue weighted by Gasteiger charge is -2.05. The van der Waals surface area contributed by atoms with Crippen molar-refractivity contribution in [3.63, 3.8) is 0 Å². The van der Waals surface area contributed by atoms with Gasteiger partial charge in [0, 0.05) is 10.6 Å². The SMILES string of the molecule is CCCc1sc(C(=O)Nc2cccc(S(N)(=O)=O)c2)cc1CC. The summed E-state index contributed by atoms with van der Waals surface area (Å²) in [6.45, 7) is 4.18. The van der Waals surface area contributed by atoms with E-state index in [0.29, 0.717) is 10.6 Å². The van der Waals surface area contributed by atoms with Gasteiger partial charge in [-0.2, -0.15) is 0 Å². The molecule has 0 aliphatic rings. The van der Waals surface area contributed by atoms with E-state index in [2.05, 4.69) is 19.2 Å². The van der Waals surface area contributed by atoms with Crippen molar-refractivity contribution >= 4 is 33.0 Å². The summed E-state index contributed by atoms with van der Waals surface area (Å²) in [4.78, 5) is 14.2. The number of nitrogens with one attached hydrogen (secondary N) is 1. The van der Waals surface area contributed by atoms with Crippen LogP contribution in [0.5, 0.6) is 0 Å². The number of anilines is 1. The fourth-order valence-corrected chi connectivity index (χ4v) is 4.07. The molecule has 1 aromatic heterocycles. The van der Waals surface area contributed by atoms with Crippen LogP contribution in [0.4, 0.5) is 5.69 Å². The molecule has 0 radical (unpaired) electrons. The second-order valence-corrected chi connectivity index (χ2v) is 7.89. The van der Waals surface area contributed by atoms with Crippen molar-refractivity contribution in [3.8, 4) is 0 Å². The smallest absolute Gasteiger partial charge is 0.265 e. The van der Waals surface area contributed by atoms with Gasteiger partial charge in [0.05, 0.1) is 9.77 Å². The maximum absolute atomic E-state index is 12.4. The summed E-state index contributed by atoms with van der Waals surface area (Å²) in [5.74, 6) is -0.237. The van der Waals surface area contributed by atoms with Crippen LogP contribution in [0, 0.1) is 0 Å². The molecule has 0 unspecified atom stereocenters. The van der Waals surface area contributed by atoms with E-state index in [-0.39, 0.29) is 10.8 Å². The normalized spacial score (nSPS) is 11.4. The van der Waals surface area contributed by atoms with E-state index in [1.807, 2.05) is 6.07 Å². The lowest BCUT2D eigenvalue weighted by atomic mass is 10.1. The molecule has 0 aliphatic heterocycles. The van der Waals surface area contributed by atoms with Crippen LogP contribution in [0.25, 0.3) is 0 Å². The third-order valence-corrected chi connectivity index (χ3v) is 5.55. The van der Waals surface area contributed by atoms with Gasteiger partial charge < -0.3 is 5.32 Å². The Balaban J connectivity index is 2.22. The van der Waals surface area contributed by atoms with E-state index in [0.717, 1.165) is 19.3 Å². The Morgan fingerprint density at radius 2 is 2.00 bits per heavy atom. The first-order chi connectivity index (χ1) is 10.8. The highest BCUT2D eigenvalue weighted by molar-refractivity contribution is 7.89. The van der Waals surface area contributed by atoms with Gasteiger partial charge in [-0.15, -0.1) is 11.3 Å². The maximum atomic E-state index is 12.4. The average Bonchev–Trinajstić information content (AvgIpc) is 2.90. The molecule has 1 heterocycles. The fourth-order valence-electron chi connectivity index (χ4n) is 2.26. The van der Waals surface area contributed by atoms with Crippen LogP contribution in [-0.2, 0) is 22.9 Å². The van der Waals surface area contributed by atoms with Crippen LogP contribution in [0.15, 0.2) is 35.2 Å². The Bertz CT molecular complexity index is 810. The van der Waals surface area contributed by atoms with Crippen LogP contribution >= 0.6 is 11.3 Å². The zero-order valence-corrected chi connectivity index (χ0v) is 14.8. The van der Waals surface area contributed by atoms with Gasteiger partial charge in [0.1, 0.15) is 0 Å². The molecular formula is C16H20N2O3S2. The zero-order valence-electron chi connectivity index (χ0n) is 13.1. The number of aryl methyl sites for hydroxylation is 2. The molecule has 0 spiro atoms. The molecule has 7 heteroatoms. The Kier molecular flexibility index (Phi) is 5.56. The number of primary sulfonamides is 1. The number of thiophene rings is 1. The summed E-state index contributed by atoms with van der Waals surface area (Å²) in [6, 6.07) is 7.84. The average molecular weight is 352 g/mol. The first kappa shape index (κ1) is 17.7. The maximum Gasteiger partial charge on any atom is 0.265 e. The van der Waals surface area contributed by atoms with Crippen LogP contribution < -0.4 is 10.5 Å². The highest BCUT2D eigenvalue weighted by Gasteiger charge is 2.15. The van der Waals surface area contributed by atoms with Crippen LogP contribution in [-0.4, -0.2) is 14.3 Å². The van der Waals surface area contributed by atoms with E-state index in [4.69, 9.17) is 5.14 Å². The monoisotopic (exact) mass is 352 g/mol. The first-order valence-electron chi connectivity index (χ1n) is 7.41. The van der Waals surface area contributed by atoms with Crippen LogP contribution in [0.3, 0.4) is 0 Å². The molecule has 124 valence electrons. The summed E-state index contributed by atoms with van der Waals surface area (Å²) < 4.78 is 22.7. The van der Waals surface area contributed by atoms with Crippen molar-refractivity contribution < 1.29 is 13.2 Å². The molecule has 1 aromatic carbocycles. The van der Waals surface area contributed by atoms with Gasteiger partial charge in [-0.25, -0.2) is 13.6 Å². The van der Waals surface area contributed by atoms with Gasteiger partial charge in [-0.3, -0.25) is 4.79 Å². The van der Waals surface area contributed by atoms with Crippen molar-refractivity contribution in [3.05, 3.63) is 45.6 Å². The molecular weight excluding hydrogens is 332 g/mol. The Morgan fingerprint density at radius 3 is 2.61 bits per heavy atom. The fraction of sp³-hybridized carbons (Fsp3) is 0.312. The highest BCUT2D eigenvalue weighted by atomic mass is 32.2. The Morgan fingerprint density at radius 1 is 1.26 bits per heavy atom. The van der Waals surface area contributed by atoms with Crippen LogP contribution in [0.1, 0.15) is 40.4 Å². The highest BCUT2D eigenvalue weighted by Crippen LogP contribution is 2.25. The number of carbonyl (C=O) groups excluding carboxylic acids is 1. The number of benzene rings is 1. The van der Waals surface area contributed by atoms with E-state index in [1.165, 1.54) is 33.9 Å². The molecule has 5 nitrogen and oxygen atoms in total. The zero-order chi connectivity index (χ0) is 17.0. The molecule has 23 heavy (non-hydrogen) atoms. The first-order valence-corrected chi connectivity index (χ1v) is 9.77. The minimum absolute atomic E-state index is 0.0256. The van der Waals surface area contributed by atoms with E-state index in [9.17, 15) is 13.2 Å². The third-order valence-electron chi connectivity index (χ3n) is 3.40. The van der Waals surface area contributed by atoms with E-state index >= 15 is 0 Å². The number of carbonyl (C=O) groups is 1. The molecule has 3 N–H and O–H groups in total. The molecule has 2 rings (SSSR count). The number of amides is 1. The number of rotatable bonds is 6. The molecule has 0 bridgehead atoms. The Labute approximate surface area is 140 Å². The van der Waals surface area contributed by atoms with Gasteiger partial charge in [-0.1, -0.05) is 26.3 Å². The summed E-state index contributed by atoms with van der Waals surface area (Å²) in [5.41, 5.74) is 1.60. The lowest BCUT2D eigenvalue weighted by Crippen LogP contribution is -2.14. The van der Waals surface area contributed by atoms with Crippen molar-refractivity contribution in [1.82, 2.24) is 0 Å². The summed E-state index contributed by atoms with van der Waals surface area (Å²) in [5, 5.41) is 7.83. The number of hydrogen-bond acceptors (Lipinski definition) is 4. The molecule has 1 amide bonds.